The summed E-state index contributed by atoms with van der Waals surface area (Å²) in [5, 5.41) is 0. The second-order valence-electron chi connectivity index (χ2n) is 9.11. The van der Waals surface area contributed by atoms with Crippen LogP contribution in [-0.4, -0.2) is 47.3 Å². The van der Waals surface area contributed by atoms with E-state index in [1.165, 1.54) is 12.0 Å². The summed E-state index contributed by atoms with van der Waals surface area (Å²) in [7, 11) is 0. The first-order valence-electron chi connectivity index (χ1n) is 11.1. The van der Waals surface area contributed by atoms with Gasteiger partial charge in [0.25, 0.3) is 0 Å². The third-order valence-corrected chi connectivity index (χ3v) is 6.70. The van der Waals surface area contributed by atoms with E-state index in [1.807, 2.05) is 23.6 Å². The van der Waals surface area contributed by atoms with Gasteiger partial charge >= 0.3 is 0 Å². The maximum absolute atomic E-state index is 13.3. The van der Waals surface area contributed by atoms with Crippen LogP contribution in [0.25, 0.3) is 0 Å². The summed E-state index contributed by atoms with van der Waals surface area (Å²) in [6.07, 6.45) is 7.40. The predicted octanol–water partition coefficient (Wildman–Crippen LogP) is 4.29. The van der Waals surface area contributed by atoms with Crippen molar-refractivity contribution in [3.63, 3.8) is 0 Å². The fourth-order valence-electron chi connectivity index (χ4n) is 4.83. The summed E-state index contributed by atoms with van der Waals surface area (Å²) in [5.74, 6) is 0.656. The van der Waals surface area contributed by atoms with Gasteiger partial charge < -0.3 is 9.80 Å². The number of hydrogen-bond donors (Lipinski definition) is 0. The van der Waals surface area contributed by atoms with Crippen LogP contribution in [0, 0.1) is 11.3 Å². The molecule has 0 aromatic heterocycles. The Kier molecular flexibility index (Phi) is 6.79. The summed E-state index contributed by atoms with van der Waals surface area (Å²) < 4.78 is 0. The lowest BCUT2D eigenvalue weighted by atomic mass is 9.85. The molecule has 0 saturated carbocycles. The van der Waals surface area contributed by atoms with Crippen molar-refractivity contribution in [3.8, 4) is 0 Å². The number of carbonyl (C=O) groups is 2. The van der Waals surface area contributed by atoms with Crippen molar-refractivity contribution < 1.29 is 9.59 Å². The van der Waals surface area contributed by atoms with Crippen molar-refractivity contribution >= 4 is 11.8 Å². The Morgan fingerprint density at radius 1 is 0.964 bits per heavy atom. The molecule has 1 unspecified atom stereocenters. The molecule has 1 atom stereocenters. The van der Waals surface area contributed by atoms with E-state index in [1.54, 1.807) is 0 Å². The van der Waals surface area contributed by atoms with Gasteiger partial charge in [-0.05, 0) is 70.3 Å². The first-order chi connectivity index (χ1) is 13.4. The van der Waals surface area contributed by atoms with Crippen LogP contribution >= 0.6 is 0 Å². The molecule has 2 amide bonds. The fourth-order valence-corrected chi connectivity index (χ4v) is 4.83. The van der Waals surface area contributed by atoms with Gasteiger partial charge in [0.2, 0.25) is 11.8 Å². The molecule has 2 heterocycles. The van der Waals surface area contributed by atoms with E-state index >= 15 is 0 Å². The standard InChI is InChI=1S/C24H36N2O2/c1-4-21-12-8-9-15-26(21)23(28)24(2,3)22(27)25-16-13-20(14-17-25)18-19-10-6-5-7-11-19/h5-7,10-11,20-21H,4,8-9,12-18H2,1-3H3. The molecule has 2 fully saturated rings. The Morgan fingerprint density at radius 3 is 2.29 bits per heavy atom. The van der Waals surface area contributed by atoms with Gasteiger partial charge in [-0.15, -0.1) is 0 Å². The molecule has 154 valence electrons. The average molecular weight is 385 g/mol. The molecule has 28 heavy (non-hydrogen) atoms. The Hall–Kier alpha value is -1.84. The van der Waals surface area contributed by atoms with Gasteiger partial charge in [0.1, 0.15) is 5.41 Å². The van der Waals surface area contributed by atoms with Crippen LogP contribution in [0.3, 0.4) is 0 Å². The molecular formula is C24H36N2O2. The maximum Gasteiger partial charge on any atom is 0.237 e. The SMILES string of the molecule is CCC1CCCCN1C(=O)C(C)(C)C(=O)N1CCC(Cc2ccccc2)CC1. The van der Waals surface area contributed by atoms with Crippen LogP contribution < -0.4 is 0 Å². The minimum atomic E-state index is -0.961. The quantitative estimate of drug-likeness (QED) is 0.711. The van der Waals surface area contributed by atoms with E-state index in [0.717, 1.165) is 58.2 Å². The lowest BCUT2D eigenvalue weighted by molar-refractivity contribution is -0.157. The molecule has 2 aliphatic rings. The molecular weight excluding hydrogens is 348 g/mol. The Labute approximate surface area is 170 Å². The molecule has 1 aromatic rings. The zero-order chi connectivity index (χ0) is 20.1. The van der Waals surface area contributed by atoms with Gasteiger partial charge in [-0.2, -0.15) is 0 Å². The van der Waals surface area contributed by atoms with E-state index in [0.29, 0.717) is 12.0 Å². The Morgan fingerprint density at radius 2 is 1.64 bits per heavy atom. The largest absolute Gasteiger partial charge is 0.342 e. The van der Waals surface area contributed by atoms with Crippen LogP contribution in [0.2, 0.25) is 0 Å². The molecule has 2 saturated heterocycles. The van der Waals surface area contributed by atoms with Gasteiger partial charge in [-0.1, -0.05) is 37.3 Å². The third-order valence-electron chi connectivity index (χ3n) is 6.70. The number of amides is 2. The highest BCUT2D eigenvalue weighted by atomic mass is 16.2. The minimum Gasteiger partial charge on any atom is -0.342 e. The van der Waals surface area contributed by atoms with Gasteiger partial charge in [0, 0.05) is 25.7 Å². The van der Waals surface area contributed by atoms with E-state index in [9.17, 15) is 9.59 Å². The second kappa shape index (κ2) is 9.11. The van der Waals surface area contributed by atoms with Crippen molar-refractivity contribution in [1.29, 1.82) is 0 Å². The number of rotatable bonds is 5. The zero-order valence-electron chi connectivity index (χ0n) is 17.8. The van der Waals surface area contributed by atoms with Gasteiger partial charge in [0.05, 0.1) is 0 Å². The predicted molar refractivity (Wildman–Crippen MR) is 113 cm³/mol. The van der Waals surface area contributed by atoms with Crippen LogP contribution in [0.4, 0.5) is 0 Å². The van der Waals surface area contributed by atoms with E-state index < -0.39 is 5.41 Å². The number of piperidine rings is 2. The number of benzene rings is 1. The highest BCUT2D eigenvalue weighted by Gasteiger charge is 2.44. The molecule has 3 rings (SSSR count). The Bertz CT molecular complexity index is 662. The highest BCUT2D eigenvalue weighted by Crippen LogP contribution is 2.30. The van der Waals surface area contributed by atoms with Crippen molar-refractivity contribution in [1.82, 2.24) is 9.80 Å². The number of carbonyl (C=O) groups excluding carboxylic acids is 2. The monoisotopic (exact) mass is 384 g/mol. The van der Waals surface area contributed by atoms with Gasteiger partial charge in [0.15, 0.2) is 0 Å². The lowest BCUT2D eigenvalue weighted by Gasteiger charge is -2.42. The van der Waals surface area contributed by atoms with E-state index in [4.69, 9.17) is 0 Å². The summed E-state index contributed by atoms with van der Waals surface area (Å²) >= 11 is 0. The van der Waals surface area contributed by atoms with Crippen molar-refractivity contribution in [3.05, 3.63) is 35.9 Å². The summed E-state index contributed by atoms with van der Waals surface area (Å²) in [4.78, 5) is 30.4. The molecule has 4 nitrogen and oxygen atoms in total. The number of likely N-dealkylation sites (tertiary alicyclic amines) is 2. The van der Waals surface area contributed by atoms with E-state index in [-0.39, 0.29) is 11.8 Å². The number of hydrogen-bond acceptors (Lipinski definition) is 2. The van der Waals surface area contributed by atoms with Crippen molar-refractivity contribution in [2.45, 2.75) is 71.8 Å². The molecule has 4 heteroatoms. The molecule has 0 radical (unpaired) electrons. The van der Waals surface area contributed by atoms with Crippen molar-refractivity contribution in [2.75, 3.05) is 19.6 Å². The highest BCUT2D eigenvalue weighted by molar-refractivity contribution is 6.04. The number of nitrogens with zero attached hydrogens (tertiary/aromatic N) is 2. The van der Waals surface area contributed by atoms with E-state index in [2.05, 4.69) is 37.3 Å². The smallest absolute Gasteiger partial charge is 0.237 e. The van der Waals surface area contributed by atoms with Gasteiger partial charge in [-0.25, -0.2) is 0 Å². The molecule has 0 N–H and O–H groups in total. The molecule has 2 aliphatic heterocycles. The summed E-state index contributed by atoms with van der Waals surface area (Å²) in [5.41, 5.74) is 0.412. The van der Waals surface area contributed by atoms with Crippen molar-refractivity contribution in [2.24, 2.45) is 11.3 Å². The van der Waals surface area contributed by atoms with Gasteiger partial charge in [-0.3, -0.25) is 9.59 Å². The summed E-state index contributed by atoms with van der Waals surface area (Å²) in [6.45, 7) is 8.13. The van der Waals surface area contributed by atoms with Crippen LogP contribution in [0.5, 0.6) is 0 Å². The van der Waals surface area contributed by atoms with Crippen LogP contribution in [0.1, 0.15) is 64.9 Å². The molecule has 1 aromatic carbocycles. The van der Waals surface area contributed by atoms with Crippen LogP contribution in [0.15, 0.2) is 30.3 Å². The fraction of sp³-hybridized carbons (Fsp3) is 0.667. The first kappa shape index (κ1) is 20.9. The molecule has 0 spiro atoms. The lowest BCUT2D eigenvalue weighted by Crippen LogP contribution is -2.55. The Balaban J connectivity index is 1.58. The zero-order valence-corrected chi connectivity index (χ0v) is 17.8. The van der Waals surface area contributed by atoms with Crippen LogP contribution in [-0.2, 0) is 16.0 Å². The first-order valence-corrected chi connectivity index (χ1v) is 11.1. The maximum atomic E-state index is 13.3. The summed E-state index contributed by atoms with van der Waals surface area (Å²) in [6, 6.07) is 10.9. The normalized spacial score (nSPS) is 21.6. The third kappa shape index (κ3) is 4.59. The second-order valence-corrected chi connectivity index (χ2v) is 9.11. The topological polar surface area (TPSA) is 40.6 Å². The molecule has 0 bridgehead atoms. The minimum absolute atomic E-state index is 0.0103. The average Bonchev–Trinajstić information content (AvgIpc) is 2.74. The molecule has 0 aliphatic carbocycles.